The molecule has 8 rings (SSSR count). The fraction of sp³-hybridized carbons (Fsp3) is 0.750. The van der Waals surface area contributed by atoms with Crippen molar-refractivity contribution in [2.45, 2.75) is 79.9 Å². The van der Waals surface area contributed by atoms with E-state index >= 15 is 0 Å². The van der Waals surface area contributed by atoms with Crippen LogP contribution in [0.5, 0.6) is 11.5 Å². The van der Waals surface area contributed by atoms with Crippen molar-refractivity contribution in [1.82, 2.24) is 4.90 Å². The lowest BCUT2D eigenvalue weighted by molar-refractivity contribution is -0.254. The van der Waals surface area contributed by atoms with Crippen LogP contribution in [0.1, 0.15) is 56.1 Å². The van der Waals surface area contributed by atoms with Crippen LogP contribution in [0.3, 0.4) is 0 Å². The highest BCUT2D eigenvalue weighted by Crippen LogP contribution is 2.76. The van der Waals surface area contributed by atoms with Crippen LogP contribution in [0, 0.1) is 11.3 Å². The molecule has 4 bridgehead atoms. The number of piperidine rings is 1. The third-order valence-electron chi connectivity index (χ3n) is 10.8. The minimum Gasteiger partial charge on any atom is -0.493 e. The molecule has 2 heterocycles. The number of methoxy groups -OCH3 is 2. The first kappa shape index (κ1) is 18.4. The van der Waals surface area contributed by atoms with Crippen LogP contribution < -0.4 is 9.47 Å². The lowest BCUT2D eigenvalue weighted by Gasteiger charge is -2.73. The Labute approximate surface area is 181 Å². The van der Waals surface area contributed by atoms with E-state index in [1.165, 1.54) is 56.2 Å². The molecule has 1 unspecified atom stereocenters. The van der Waals surface area contributed by atoms with Crippen LogP contribution in [0.25, 0.3) is 0 Å². The zero-order valence-electron chi connectivity index (χ0n) is 18.9. The predicted octanol–water partition coefficient (Wildman–Crippen LogP) is 1.61. The summed E-state index contributed by atoms with van der Waals surface area (Å²) in [5.74, 6) is 2.83. The SMILES string of the molecule is BC(B)(C1CC1)N1CC[C@]23c4c5ccc(OC)c4OC2[C@]2(OC)CC[C@]3(CC2)[C@H]1C5. The van der Waals surface area contributed by atoms with Crippen molar-refractivity contribution in [3.05, 3.63) is 23.3 Å². The number of benzene rings is 1. The first-order valence-electron chi connectivity index (χ1n) is 12.1. The number of likely N-dealkylation sites (tertiary alicyclic amines) is 1. The summed E-state index contributed by atoms with van der Waals surface area (Å²) in [5.41, 5.74) is 3.29. The Morgan fingerprint density at radius 1 is 1.10 bits per heavy atom. The monoisotopic (exact) mass is 405 g/mol. The van der Waals surface area contributed by atoms with Gasteiger partial charge in [-0.15, -0.1) is 0 Å². The van der Waals surface area contributed by atoms with Crippen LogP contribution in [-0.4, -0.2) is 64.4 Å². The van der Waals surface area contributed by atoms with Gasteiger partial charge in [0, 0.05) is 24.1 Å². The molecule has 2 aliphatic heterocycles. The zero-order valence-corrected chi connectivity index (χ0v) is 18.9. The standard InChI is InChI=1S/C24H33B2NO3/c1-28-16-6-3-14-13-17-21-7-9-22(29-2,10-8-21)20-23(21,18(14)19(16)30-20)11-12-27(17)24(25,26)15-4-5-15/h3,6,15,17,20H,4-5,7-13,25-26H2,1-2H3/t17-,20?,21-,22-,23+/m1/s1. The fourth-order valence-electron chi connectivity index (χ4n) is 9.21. The number of hydrogen-bond acceptors (Lipinski definition) is 4. The van der Waals surface area contributed by atoms with Crippen LogP contribution >= 0.6 is 0 Å². The van der Waals surface area contributed by atoms with Gasteiger partial charge in [0.05, 0.1) is 7.11 Å². The summed E-state index contributed by atoms with van der Waals surface area (Å²) in [7, 11) is 8.76. The van der Waals surface area contributed by atoms with Gasteiger partial charge in [0.1, 0.15) is 27.4 Å². The minimum absolute atomic E-state index is 0.0950. The van der Waals surface area contributed by atoms with Crippen molar-refractivity contribution in [2.24, 2.45) is 11.3 Å². The summed E-state index contributed by atoms with van der Waals surface area (Å²) < 4.78 is 19.1. The first-order valence-corrected chi connectivity index (χ1v) is 12.1. The number of ether oxygens (including phenoxy) is 3. The summed E-state index contributed by atoms with van der Waals surface area (Å²) in [6.07, 6.45) is 10.1. The molecule has 7 aliphatic rings. The Balaban J connectivity index is 1.48. The molecule has 1 saturated heterocycles. The Morgan fingerprint density at radius 2 is 1.87 bits per heavy atom. The molecular weight excluding hydrogens is 372 g/mol. The second-order valence-electron chi connectivity index (χ2n) is 11.6. The van der Waals surface area contributed by atoms with Gasteiger partial charge in [0.15, 0.2) is 11.5 Å². The molecule has 5 aliphatic carbocycles. The third-order valence-corrected chi connectivity index (χ3v) is 10.8. The van der Waals surface area contributed by atoms with Crippen LogP contribution in [0.2, 0.25) is 0 Å². The number of nitrogens with zero attached hydrogens (tertiary/aromatic N) is 1. The van der Waals surface area contributed by atoms with Crippen LogP contribution in [0.15, 0.2) is 12.1 Å². The zero-order chi connectivity index (χ0) is 20.5. The highest BCUT2D eigenvalue weighted by atomic mass is 16.6. The Hall–Kier alpha value is -1.13. The fourth-order valence-corrected chi connectivity index (χ4v) is 9.21. The molecule has 4 nitrogen and oxygen atoms in total. The number of fused-ring (bicyclic) bond motifs is 2. The van der Waals surface area contributed by atoms with E-state index in [2.05, 4.69) is 32.7 Å². The highest BCUT2D eigenvalue weighted by Gasteiger charge is 2.79. The molecule has 1 aromatic rings. The van der Waals surface area contributed by atoms with Gasteiger partial charge < -0.3 is 19.1 Å². The quantitative estimate of drug-likeness (QED) is 0.713. The molecule has 3 atom stereocenters. The number of rotatable bonds is 4. The molecule has 30 heavy (non-hydrogen) atoms. The number of hydrogen-bond donors (Lipinski definition) is 0. The van der Waals surface area contributed by atoms with Crippen molar-refractivity contribution in [2.75, 3.05) is 20.8 Å². The Kier molecular flexibility index (Phi) is 3.34. The first-order chi connectivity index (χ1) is 14.4. The van der Waals surface area contributed by atoms with E-state index in [4.69, 9.17) is 14.2 Å². The van der Waals surface area contributed by atoms with E-state index in [0.29, 0.717) is 16.8 Å². The third kappa shape index (κ3) is 1.77. The molecule has 6 heteroatoms. The van der Waals surface area contributed by atoms with Crippen molar-refractivity contribution in [3.8, 4) is 11.5 Å². The summed E-state index contributed by atoms with van der Waals surface area (Å²) in [6.45, 7) is 1.19. The molecule has 0 radical (unpaired) electrons. The smallest absolute Gasteiger partial charge is 0.165 e. The molecule has 0 amide bonds. The van der Waals surface area contributed by atoms with Gasteiger partial charge in [-0.25, -0.2) is 0 Å². The van der Waals surface area contributed by atoms with Crippen molar-refractivity contribution in [1.29, 1.82) is 0 Å². The summed E-state index contributed by atoms with van der Waals surface area (Å²) >= 11 is 0. The van der Waals surface area contributed by atoms with Gasteiger partial charge in [-0.1, -0.05) is 6.07 Å². The summed E-state index contributed by atoms with van der Waals surface area (Å²) in [4.78, 5) is 2.96. The molecule has 0 N–H and O–H groups in total. The van der Waals surface area contributed by atoms with Crippen LogP contribution in [0.4, 0.5) is 0 Å². The van der Waals surface area contributed by atoms with Gasteiger partial charge in [-0.3, -0.25) is 0 Å². The average Bonchev–Trinajstić information content (AvgIpc) is 3.55. The van der Waals surface area contributed by atoms with E-state index in [0.717, 1.165) is 30.3 Å². The van der Waals surface area contributed by atoms with E-state index in [-0.39, 0.29) is 17.1 Å². The topological polar surface area (TPSA) is 30.9 Å². The van der Waals surface area contributed by atoms with Gasteiger partial charge in [-0.05, 0) is 86.2 Å². The van der Waals surface area contributed by atoms with E-state index in [1.807, 2.05) is 7.11 Å². The largest absolute Gasteiger partial charge is 0.493 e. The van der Waals surface area contributed by atoms with Gasteiger partial charge in [0.25, 0.3) is 0 Å². The lowest BCUT2D eigenvalue weighted by atomic mass is 9.36. The maximum Gasteiger partial charge on any atom is 0.165 e. The van der Waals surface area contributed by atoms with Crippen molar-refractivity contribution < 1.29 is 14.2 Å². The average molecular weight is 405 g/mol. The van der Waals surface area contributed by atoms with E-state index < -0.39 is 0 Å². The molecule has 2 spiro atoms. The molecule has 158 valence electrons. The van der Waals surface area contributed by atoms with E-state index in [9.17, 15) is 0 Å². The maximum atomic E-state index is 6.94. The molecule has 4 saturated carbocycles. The highest BCUT2D eigenvalue weighted by molar-refractivity contribution is 6.40. The molecular formula is C24H33B2NO3. The van der Waals surface area contributed by atoms with Crippen molar-refractivity contribution in [3.63, 3.8) is 0 Å². The van der Waals surface area contributed by atoms with Crippen LogP contribution in [-0.2, 0) is 16.6 Å². The van der Waals surface area contributed by atoms with Gasteiger partial charge >= 0.3 is 0 Å². The Bertz CT molecular complexity index is 937. The second-order valence-corrected chi connectivity index (χ2v) is 11.6. The van der Waals surface area contributed by atoms with Gasteiger partial charge in [0.2, 0.25) is 0 Å². The summed E-state index contributed by atoms with van der Waals surface area (Å²) in [5, 5.41) is 0.302. The maximum absolute atomic E-state index is 6.94. The normalized spacial score (nSPS) is 43.3. The molecule has 5 fully saturated rings. The van der Waals surface area contributed by atoms with Crippen molar-refractivity contribution >= 4 is 15.7 Å². The molecule has 0 aromatic heterocycles. The second kappa shape index (κ2) is 5.43. The van der Waals surface area contributed by atoms with E-state index in [1.54, 1.807) is 7.11 Å². The Morgan fingerprint density at radius 3 is 2.53 bits per heavy atom. The lowest BCUT2D eigenvalue weighted by Crippen LogP contribution is -2.80. The minimum atomic E-state index is -0.140. The predicted molar refractivity (Wildman–Crippen MR) is 121 cm³/mol. The molecule has 1 aromatic carbocycles. The summed E-state index contributed by atoms with van der Waals surface area (Å²) in [6, 6.07) is 5.11. The van der Waals surface area contributed by atoms with Gasteiger partial charge in [-0.2, -0.15) is 0 Å².